The van der Waals surface area contributed by atoms with Crippen molar-refractivity contribution >= 4 is 12.0 Å². The molecule has 2 rings (SSSR count). The van der Waals surface area contributed by atoms with Crippen LogP contribution in [-0.2, 0) is 24.9 Å². The number of aryl methyl sites for hydroxylation is 2. The summed E-state index contributed by atoms with van der Waals surface area (Å²) in [5.74, 6) is -0.286. The number of amides is 1. The van der Waals surface area contributed by atoms with Crippen molar-refractivity contribution in [1.82, 2.24) is 19.2 Å². The van der Waals surface area contributed by atoms with Gasteiger partial charge in [-0.15, -0.1) is 0 Å². The lowest BCUT2D eigenvalue weighted by Gasteiger charge is -2.15. The molecule has 0 aliphatic carbocycles. The molecule has 0 saturated heterocycles. The maximum Gasteiger partial charge on any atom is 0.264 e. The Kier molecular flexibility index (Phi) is 5.81. The summed E-state index contributed by atoms with van der Waals surface area (Å²) in [6.07, 6.45) is 6.31. The molecule has 0 radical (unpaired) electrons. The maximum absolute atomic E-state index is 12.6. The Morgan fingerprint density at radius 3 is 2.72 bits per heavy atom. The van der Waals surface area contributed by atoms with Crippen LogP contribution in [0, 0.1) is 25.2 Å². The molecule has 0 bridgehead atoms. The predicted molar refractivity (Wildman–Crippen MR) is 97.5 cm³/mol. The van der Waals surface area contributed by atoms with Gasteiger partial charge in [-0.25, -0.2) is 0 Å². The second-order valence-electron chi connectivity index (χ2n) is 6.33. The summed E-state index contributed by atoms with van der Waals surface area (Å²) in [6, 6.07) is 4.07. The van der Waals surface area contributed by atoms with E-state index in [0.29, 0.717) is 6.54 Å². The monoisotopic (exact) mass is 339 g/mol. The highest BCUT2D eigenvalue weighted by Gasteiger charge is 2.17. The van der Waals surface area contributed by atoms with Crippen molar-refractivity contribution in [1.29, 1.82) is 5.26 Å². The van der Waals surface area contributed by atoms with Gasteiger partial charge in [0, 0.05) is 50.3 Å². The average molecular weight is 339 g/mol. The highest BCUT2D eigenvalue weighted by molar-refractivity contribution is 6.01. The summed E-state index contributed by atoms with van der Waals surface area (Å²) in [5.41, 5.74) is 4.21. The van der Waals surface area contributed by atoms with E-state index in [9.17, 15) is 10.1 Å². The molecule has 0 N–H and O–H groups in total. The number of hydrogen-bond acceptors (Lipinski definition) is 3. The Labute approximate surface area is 149 Å². The zero-order valence-corrected chi connectivity index (χ0v) is 15.6. The summed E-state index contributed by atoms with van der Waals surface area (Å²) in [6.45, 7) is 7.55. The SMILES string of the molecule is CCCn1c(C)cc(/C=C(\C#N)C(=O)N(C)Cc2cnn(C)c2)c1C. The minimum atomic E-state index is -0.286. The van der Waals surface area contributed by atoms with Crippen LogP contribution < -0.4 is 0 Å². The Balaban J connectivity index is 2.23. The lowest BCUT2D eigenvalue weighted by molar-refractivity contribution is -0.125. The summed E-state index contributed by atoms with van der Waals surface area (Å²) in [7, 11) is 3.53. The van der Waals surface area contributed by atoms with Gasteiger partial charge in [-0.2, -0.15) is 10.4 Å². The molecule has 0 aromatic carbocycles. The van der Waals surface area contributed by atoms with Gasteiger partial charge in [-0.05, 0) is 38.0 Å². The quantitative estimate of drug-likeness (QED) is 0.600. The number of nitriles is 1. The number of likely N-dealkylation sites (N-methyl/N-ethyl adjacent to an activating group) is 1. The predicted octanol–water partition coefficient (Wildman–Crippen LogP) is 2.81. The number of carbonyl (C=O) groups excluding carboxylic acids is 1. The molecule has 2 aromatic rings. The molecule has 0 aliphatic rings. The molecule has 6 heteroatoms. The summed E-state index contributed by atoms with van der Waals surface area (Å²) in [5, 5.41) is 13.6. The van der Waals surface area contributed by atoms with Gasteiger partial charge in [-0.1, -0.05) is 6.92 Å². The average Bonchev–Trinajstić information content (AvgIpc) is 3.10. The first-order valence-corrected chi connectivity index (χ1v) is 8.38. The fourth-order valence-electron chi connectivity index (χ4n) is 2.94. The molecular formula is C19H25N5O. The number of rotatable bonds is 6. The summed E-state index contributed by atoms with van der Waals surface area (Å²) in [4.78, 5) is 14.2. The van der Waals surface area contributed by atoms with Gasteiger partial charge in [0.05, 0.1) is 6.20 Å². The van der Waals surface area contributed by atoms with Gasteiger partial charge < -0.3 is 9.47 Å². The Morgan fingerprint density at radius 2 is 2.16 bits per heavy atom. The first-order valence-electron chi connectivity index (χ1n) is 8.38. The lowest BCUT2D eigenvalue weighted by Crippen LogP contribution is -2.27. The topological polar surface area (TPSA) is 66.8 Å². The molecule has 25 heavy (non-hydrogen) atoms. The normalized spacial score (nSPS) is 11.4. The fourth-order valence-corrected chi connectivity index (χ4v) is 2.94. The van der Waals surface area contributed by atoms with Gasteiger partial charge in [0.25, 0.3) is 5.91 Å². The van der Waals surface area contributed by atoms with Crippen molar-refractivity contribution in [2.45, 2.75) is 40.3 Å². The largest absolute Gasteiger partial charge is 0.349 e. The van der Waals surface area contributed by atoms with E-state index in [1.54, 1.807) is 24.0 Å². The van der Waals surface area contributed by atoms with Crippen LogP contribution in [0.25, 0.3) is 6.08 Å². The molecule has 1 amide bonds. The zero-order chi connectivity index (χ0) is 18.6. The lowest BCUT2D eigenvalue weighted by atomic mass is 10.1. The number of aromatic nitrogens is 3. The second-order valence-corrected chi connectivity index (χ2v) is 6.33. The molecule has 0 unspecified atom stereocenters. The first-order chi connectivity index (χ1) is 11.9. The van der Waals surface area contributed by atoms with Gasteiger partial charge in [0.2, 0.25) is 0 Å². The van der Waals surface area contributed by atoms with Crippen molar-refractivity contribution < 1.29 is 4.79 Å². The number of nitrogens with zero attached hydrogens (tertiary/aromatic N) is 5. The van der Waals surface area contributed by atoms with Crippen LogP contribution in [0.5, 0.6) is 0 Å². The van der Waals surface area contributed by atoms with Crippen LogP contribution in [0.1, 0.15) is 35.9 Å². The number of hydrogen-bond donors (Lipinski definition) is 0. The third-order valence-electron chi connectivity index (χ3n) is 4.24. The van der Waals surface area contributed by atoms with Crippen molar-refractivity contribution in [2.75, 3.05) is 7.05 Å². The van der Waals surface area contributed by atoms with Crippen molar-refractivity contribution in [3.05, 3.63) is 46.5 Å². The molecule has 0 fully saturated rings. The van der Waals surface area contributed by atoms with E-state index in [1.165, 1.54) is 4.90 Å². The van der Waals surface area contributed by atoms with E-state index in [0.717, 1.165) is 35.5 Å². The minimum absolute atomic E-state index is 0.142. The zero-order valence-electron chi connectivity index (χ0n) is 15.6. The summed E-state index contributed by atoms with van der Waals surface area (Å²) >= 11 is 0. The molecule has 2 aromatic heterocycles. The molecular weight excluding hydrogens is 314 g/mol. The number of carbonyl (C=O) groups is 1. The van der Waals surface area contributed by atoms with Gasteiger partial charge in [-0.3, -0.25) is 9.48 Å². The Morgan fingerprint density at radius 1 is 1.44 bits per heavy atom. The molecule has 0 atom stereocenters. The molecule has 0 aliphatic heterocycles. The van der Waals surface area contributed by atoms with E-state index in [4.69, 9.17) is 0 Å². The van der Waals surface area contributed by atoms with E-state index >= 15 is 0 Å². The van der Waals surface area contributed by atoms with Crippen LogP contribution in [0.15, 0.2) is 24.0 Å². The van der Waals surface area contributed by atoms with Crippen molar-refractivity contribution in [3.8, 4) is 6.07 Å². The van der Waals surface area contributed by atoms with Gasteiger partial charge in [0.1, 0.15) is 11.6 Å². The van der Waals surface area contributed by atoms with Crippen LogP contribution >= 0.6 is 0 Å². The molecule has 2 heterocycles. The van der Waals surface area contributed by atoms with Crippen LogP contribution in [-0.4, -0.2) is 32.2 Å². The molecule has 0 spiro atoms. The fraction of sp³-hybridized carbons (Fsp3) is 0.421. The van der Waals surface area contributed by atoms with Gasteiger partial charge >= 0.3 is 0 Å². The highest BCUT2D eigenvalue weighted by Crippen LogP contribution is 2.19. The van der Waals surface area contributed by atoms with Crippen LogP contribution in [0.2, 0.25) is 0 Å². The minimum Gasteiger partial charge on any atom is -0.349 e. The molecule has 132 valence electrons. The van der Waals surface area contributed by atoms with E-state index in [-0.39, 0.29) is 11.5 Å². The maximum atomic E-state index is 12.6. The van der Waals surface area contributed by atoms with E-state index < -0.39 is 0 Å². The first kappa shape index (κ1) is 18.5. The smallest absolute Gasteiger partial charge is 0.264 e. The second kappa shape index (κ2) is 7.84. The van der Waals surface area contributed by atoms with Gasteiger partial charge in [0.15, 0.2) is 0 Å². The standard InChI is InChI=1S/C19H25N5O/c1-6-7-24-14(2)8-17(15(24)3)9-18(10-20)19(25)22(4)12-16-11-21-23(5)13-16/h8-9,11,13H,6-7,12H2,1-5H3/b18-9+. The summed E-state index contributed by atoms with van der Waals surface area (Å²) < 4.78 is 3.90. The van der Waals surface area contributed by atoms with E-state index in [2.05, 4.69) is 16.6 Å². The molecule has 0 saturated carbocycles. The Bertz CT molecular complexity index is 835. The third-order valence-corrected chi connectivity index (χ3v) is 4.24. The highest BCUT2D eigenvalue weighted by atomic mass is 16.2. The van der Waals surface area contributed by atoms with Crippen molar-refractivity contribution in [3.63, 3.8) is 0 Å². The third kappa shape index (κ3) is 4.18. The van der Waals surface area contributed by atoms with E-state index in [1.807, 2.05) is 39.2 Å². The Hall–Kier alpha value is -2.81. The van der Waals surface area contributed by atoms with Crippen LogP contribution in [0.3, 0.4) is 0 Å². The van der Waals surface area contributed by atoms with Crippen molar-refractivity contribution in [2.24, 2.45) is 7.05 Å². The molecule has 6 nitrogen and oxygen atoms in total. The van der Waals surface area contributed by atoms with Crippen LogP contribution in [0.4, 0.5) is 0 Å².